The third-order valence-electron chi connectivity index (χ3n) is 3.00. The molecule has 5 heteroatoms. The van der Waals surface area contributed by atoms with Crippen molar-refractivity contribution in [1.82, 2.24) is 9.78 Å². The second kappa shape index (κ2) is 3.77. The van der Waals surface area contributed by atoms with Crippen molar-refractivity contribution >= 4 is 11.6 Å². The number of ether oxygens (including phenoxy) is 1. The highest BCUT2D eigenvalue weighted by Gasteiger charge is 2.47. The van der Waals surface area contributed by atoms with E-state index in [9.17, 15) is 5.11 Å². The minimum atomic E-state index is -0.857. The lowest BCUT2D eigenvalue weighted by Gasteiger charge is -2.42. The van der Waals surface area contributed by atoms with Gasteiger partial charge in [0.25, 0.3) is 0 Å². The zero-order valence-corrected chi connectivity index (χ0v) is 9.66. The van der Waals surface area contributed by atoms with Gasteiger partial charge >= 0.3 is 0 Å². The largest absolute Gasteiger partial charge is 0.383 e. The van der Waals surface area contributed by atoms with Crippen molar-refractivity contribution in [1.29, 1.82) is 0 Å². The summed E-state index contributed by atoms with van der Waals surface area (Å²) in [6.45, 7) is 2.69. The van der Waals surface area contributed by atoms with E-state index >= 15 is 0 Å². The van der Waals surface area contributed by atoms with Crippen LogP contribution in [-0.4, -0.2) is 28.1 Å². The molecule has 84 valence electrons. The highest BCUT2D eigenvalue weighted by molar-refractivity contribution is 6.31. The Kier molecular flexibility index (Phi) is 2.75. The number of hydrogen-bond acceptors (Lipinski definition) is 3. The Bertz CT molecular complexity index is 358. The summed E-state index contributed by atoms with van der Waals surface area (Å²) in [5, 5.41) is 15.0. The molecule has 1 aromatic heterocycles. The smallest absolute Gasteiger partial charge is 0.113 e. The lowest BCUT2D eigenvalue weighted by molar-refractivity contribution is -0.137. The van der Waals surface area contributed by atoms with Crippen LogP contribution in [0.3, 0.4) is 0 Å². The standard InChI is InChI=1S/C10H15ClN2O2/c1-3-13-9(8(11)6-12-13)10(14)4-7(5-10)15-2/h6-7,14H,3-5H2,1-2H3. The van der Waals surface area contributed by atoms with E-state index in [0.717, 1.165) is 5.69 Å². The van der Waals surface area contributed by atoms with Gasteiger partial charge in [-0.25, -0.2) is 0 Å². The van der Waals surface area contributed by atoms with Crippen LogP contribution in [0.4, 0.5) is 0 Å². The van der Waals surface area contributed by atoms with Gasteiger partial charge in [0.15, 0.2) is 0 Å². The number of aryl methyl sites for hydroxylation is 1. The first kappa shape index (κ1) is 10.9. The molecule has 1 aromatic rings. The van der Waals surface area contributed by atoms with Gasteiger partial charge in [0, 0.05) is 26.5 Å². The van der Waals surface area contributed by atoms with Crippen LogP contribution in [0, 0.1) is 0 Å². The molecule has 15 heavy (non-hydrogen) atoms. The molecule has 0 unspecified atom stereocenters. The molecule has 4 nitrogen and oxygen atoms in total. The predicted molar refractivity (Wildman–Crippen MR) is 56.8 cm³/mol. The monoisotopic (exact) mass is 230 g/mol. The molecular formula is C10H15ClN2O2. The van der Waals surface area contributed by atoms with Crippen LogP contribution in [0.15, 0.2) is 6.20 Å². The van der Waals surface area contributed by atoms with E-state index in [4.69, 9.17) is 16.3 Å². The number of hydrogen-bond donors (Lipinski definition) is 1. The van der Waals surface area contributed by atoms with Crippen molar-refractivity contribution in [2.45, 2.75) is 38.0 Å². The quantitative estimate of drug-likeness (QED) is 0.857. The molecule has 0 aromatic carbocycles. The van der Waals surface area contributed by atoms with E-state index in [2.05, 4.69) is 5.10 Å². The van der Waals surface area contributed by atoms with Gasteiger partial charge in [-0.2, -0.15) is 5.10 Å². The highest BCUT2D eigenvalue weighted by atomic mass is 35.5. The maximum absolute atomic E-state index is 10.3. The zero-order valence-electron chi connectivity index (χ0n) is 8.90. The maximum atomic E-state index is 10.3. The Morgan fingerprint density at radius 3 is 2.93 bits per heavy atom. The van der Waals surface area contributed by atoms with Gasteiger partial charge in [0.05, 0.1) is 23.0 Å². The first-order valence-electron chi connectivity index (χ1n) is 5.07. The molecule has 0 spiro atoms. The van der Waals surface area contributed by atoms with Crippen LogP contribution in [0.2, 0.25) is 5.02 Å². The van der Waals surface area contributed by atoms with E-state index < -0.39 is 5.60 Å². The van der Waals surface area contributed by atoms with Crippen molar-refractivity contribution in [2.75, 3.05) is 7.11 Å². The molecule has 1 aliphatic carbocycles. The summed E-state index contributed by atoms with van der Waals surface area (Å²) in [4.78, 5) is 0. The van der Waals surface area contributed by atoms with Crippen LogP contribution in [0.25, 0.3) is 0 Å². The normalized spacial score (nSPS) is 30.3. The molecule has 0 saturated heterocycles. The van der Waals surface area contributed by atoms with Crippen molar-refractivity contribution in [3.05, 3.63) is 16.9 Å². The fourth-order valence-corrected chi connectivity index (χ4v) is 2.44. The van der Waals surface area contributed by atoms with Crippen LogP contribution in [0.5, 0.6) is 0 Å². The molecule has 0 radical (unpaired) electrons. The van der Waals surface area contributed by atoms with Gasteiger partial charge in [0.2, 0.25) is 0 Å². The molecule has 0 bridgehead atoms. The van der Waals surface area contributed by atoms with Crippen molar-refractivity contribution in [3.8, 4) is 0 Å². The Morgan fingerprint density at radius 1 is 1.73 bits per heavy atom. The third-order valence-corrected chi connectivity index (χ3v) is 3.28. The number of aromatic nitrogens is 2. The van der Waals surface area contributed by atoms with Gasteiger partial charge < -0.3 is 9.84 Å². The second-order valence-corrected chi connectivity index (χ2v) is 4.36. The van der Waals surface area contributed by atoms with E-state index in [-0.39, 0.29) is 6.10 Å². The van der Waals surface area contributed by atoms with E-state index in [0.29, 0.717) is 24.4 Å². The lowest BCUT2D eigenvalue weighted by atomic mass is 9.75. The highest BCUT2D eigenvalue weighted by Crippen LogP contribution is 2.45. The molecule has 1 aliphatic rings. The molecule has 0 amide bonds. The summed E-state index contributed by atoms with van der Waals surface area (Å²) < 4.78 is 6.90. The van der Waals surface area contributed by atoms with Crippen molar-refractivity contribution in [3.63, 3.8) is 0 Å². The van der Waals surface area contributed by atoms with Crippen LogP contribution < -0.4 is 0 Å². The summed E-state index contributed by atoms with van der Waals surface area (Å²) in [7, 11) is 1.66. The minimum Gasteiger partial charge on any atom is -0.383 e. The minimum absolute atomic E-state index is 0.131. The summed E-state index contributed by atoms with van der Waals surface area (Å²) in [5.74, 6) is 0. The van der Waals surface area contributed by atoms with Gasteiger partial charge in [-0.15, -0.1) is 0 Å². The number of rotatable bonds is 3. The van der Waals surface area contributed by atoms with E-state index in [1.54, 1.807) is 18.0 Å². The number of nitrogens with zero attached hydrogens (tertiary/aromatic N) is 2. The predicted octanol–water partition coefficient (Wildman–Crippen LogP) is 1.55. The topological polar surface area (TPSA) is 47.3 Å². The second-order valence-electron chi connectivity index (χ2n) is 3.95. The van der Waals surface area contributed by atoms with Crippen LogP contribution in [0.1, 0.15) is 25.5 Å². The molecule has 1 N–H and O–H groups in total. The van der Waals surface area contributed by atoms with Crippen LogP contribution >= 0.6 is 11.6 Å². The maximum Gasteiger partial charge on any atom is 0.113 e. The van der Waals surface area contributed by atoms with Crippen LogP contribution in [-0.2, 0) is 16.9 Å². The van der Waals surface area contributed by atoms with Gasteiger partial charge in [-0.05, 0) is 6.92 Å². The van der Waals surface area contributed by atoms with Gasteiger partial charge in [-0.3, -0.25) is 4.68 Å². The zero-order chi connectivity index (χ0) is 11.1. The summed E-state index contributed by atoms with van der Waals surface area (Å²) in [5.41, 5.74) is -0.135. The first-order valence-corrected chi connectivity index (χ1v) is 5.45. The first-order chi connectivity index (χ1) is 7.10. The summed E-state index contributed by atoms with van der Waals surface area (Å²) in [6.07, 6.45) is 2.90. The molecule has 0 atom stereocenters. The van der Waals surface area contributed by atoms with Gasteiger partial charge in [0.1, 0.15) is 5.60 Å². The van der Waals surface area contributed by atoms with E-state index in [1.807, 2.05) is 6.92 Å². The van der Waals surface area contributed by atoms with Gasteiger partial charge in [-0.1, -0.05) is 11.6 Å². The molecular weight excluding hydrogens is 216 g/mol. The van der Waals surface area contributed by atoms with E-state index in [1.165, 1.54) is 0 Å². The Labute approximate surface area is 93.8 Å². The molecule has 1 fully saturated rings. The Balaban J connectivity index is 2.26. The average molecular weight is 231 g/mol. The summed E-state index contributed by atoms with van der Waals surface area (Å²) >= 11 is 6.03. The molecule has 2 rings (SSSR count). The number of halogens is 1. The Morgan fingerprint density at radius 2 is 2.40 bits per heavy atom. The average Bonchev–Trinajstić information content (AvgIpc) is 2.55. The lowest BCUT2D eigenvalue weighted by Crippen LogP contribution is -2.47. The third kappa shape index (κ3) is 1.67. The summed E-state index contributed by atoms with van der Waals surface area (Å²) in [6, 6.07) is 0. The SMILES string of the molecule is CCn1ncc(Cl)c1C1(O)CC(OC)C1. The van der Waals surface area contributed by atoms with Crippen molar-refractivity contribution < 1.29 is 9.84 Å². The molecule has 0 aliphatic heterocycles. The van der Waals surface area contributed by atoms with Crippen molar-refractivity contribution in [2.24, 2.45) is 0 Å². The Hall–Kier alpha value is -0.580. The number of aliphatic hydroxyl groups is 1. The fourth-order valence-electron chi connectivity index (χ4n) is 2.12. The fraction of sp³-hybridized carbons (Fsp3) is 0.700. The molecule has 1 heterocycles. The number of methoxy groups -OCH3 is 1. The molecule has 1 saturated carbocycles.